The van der Waals surface area contributed by atoms with Crippen LogP contribution in [-0.4, -0.2) is 23.9 Å². The van der Waals surface area contributed by atoms with Gasteiger partial charge >= 0.3 is 5.69 Å². The quantitative estimate of drug-likeness (QED) is 0.558. The Balaban J connectivity index is 1.90. The SMILES string of the molecule is Cc1c(F)ccc(-c2cnc3c(c2)n(Cc2cnn(C)c2)c(=O)n3C)c1F. The fraction of sp³-hybridized carbons (Fsp3) is 0.211. The molecule has 0 aliphatic carbocycles. The third-order valence-corrected chi connectivity index (χ3v) is 4.70. The van der Waals surface area contributed by atoms with Gasteiger partial charge in [-0.25, -0.2) is 18.6 Å². The molecule has 3 aromatic heterocycles. The standard InChI is InChI=1S/C19H17F2N5O/c1-11-15(20)5-4-14(17(11)21)13-6-16-18(22-8-13)25(3)19(27)26(16)10-12-7-23-24(2)9-12/h4-9H,10H2,1-3H3. The lowest BCUT2D eigenvalue weighted by Crippen LogP contribution is -2.22. The molecule has 0 atom stereocenters. The number of aromatic nitrogens is 5. The van der Waals surface area contributed by atoms with E-state index in [9.17, 15) is 13.6 Å². The molecular formula is C19H17F2N5O. The van der Waals surface area contributed by atoms with E-state index in [0.29, 0.717) is 23.3 Å². The third kappa shape index (κ3) is 2.73. The van der Waals surface area contributed by atoms with Crippen LogP contribution in [0.2, 0.25) is 0 Å². The van der Waals surface area contributed by atoms with Gasteiger partial charge in [-0.2, -0.15) is 5.10 Å². The highest BCUT2D eigenvalue weighted by molar-refractivity contribution is 5.79. The predicted octanol–water partition coefficient (Wildman–Crippen LogP) is 2.77. The largest absolute Gasteiger partial charge is 0.330 e. The topological polar surface area (TPSA) is 57.6 Å². The maximum Gasteiger partial charge on any atom is 0.330 e. The van der Waals surface area contributed by atoms with E-state index < -0.39 is 11.6 Å². The summed E-state index contributed by atoms with van der Waals surface area (Å²) in [6, 6.07) is 4.31. The first-order valence-corrected chi connectivity index (χ1v) is 8.34. The van der Waals surface area contributed by atoms with Crippen LogP contribution in [0.25, 0.3) is 22.3 Å². The van der Waals surface area contributed by atoms with E-state index in [-0.39, 0.29) is 16.8 Å². The molecule has 8 heteroatoms. The van der Waals surface area contributed by atoms with Crippen LogP contribution in [0.1, 0.15) is 11.1 Å². The second-order valence-corrected chi connectivity index (χ2v) is 6.55. The summed E-state index contributed by atoms with van der Waals surface area (Å²) in [6.45, 7) is 1.71. The molecule has 27 heavy (non-hydrogen) atoms. The fourth-order valence-corrected chi connectivity index (χ4v) is 3.20. The van der Waals surface area contributed by atoms with E-state index in [2.05, 4.69) is 10.1 Å². The second-order valence-electron chi connectivity index (χ2n) is 6.55. The summed E-state index contributed by atoms with van der Waals surface area (Å²) in [5.74, 6) is -1.23. The summed E-state index contributed by atoms with van der Waals surface area (Å²) in [7, 11) is 3.44. The van der Waals surface area contributed by atoms with E-state index >= 15 is 0 Å². The van der Waals surface area contributed by atoms with Crippen molar-refractivity contribution in [1.29, 1.82) is 0 Å². The van der Waals surface area contributed by atoms with Gasteiger partial charge in [0, 0.05) is 48.7 Å². The van der Waals surface area contributed by atoms with Gasteiger partial charge in [0.25, 0.3) is 0 Å². The minimum Gasteiger partial charge on any atom is -0.286 e. The minimum absolute atomic E-state index is 0.0478. The second kappa shape index (κ2) is 6.15. The zero-order valence-corrected chi connectivity index (χ0v) is 15.1. The molecule has 6 nitrogen and oxygen atoms in total. The Labute approximate surface area is 153 Å². The van der Waals surface area contributed by atoms with Gasteiger partial charge in [0.15, 0.2) is 5.65 Å². The van der Waals surface area contributed by atoms with Gasteiger partial charge in [0.1, 0.15) is 11.6 Å². The lowest BCUT2D eigenvalue weighted by Gasteiger charge is -2.08. The van der Waals surface area contributed by atoms with Crippen molar-refractivity contribution < 1.29 is 8.78 Å². The third-order valence-electron chi connectivity index (χ3n) is 4.70. The highest BCUT2D eigenvalue weighted by Crippen LogP contribution is 2.28. The van der Waals surface area contributed by atoms with Crippen molar-refractivity contribution in [1.82, 2.24) is 23.9 Å². The Morgan fingerprint density at radius 2 is 1.93 bits per heavy atom. The van der Waals surface area contributed by atoms with Crippen LogP contribution in [0.15, 0.2) is 41.6 Å². The lowest BCUT2D eigenvalue weighted by atomic mass is 10.0. The van der Waals surface area contributed by atoms with Crippen LogP contribution < -0.4 is 5.69 Å². The van der Waals surface area contributed by atoms with Crippen molar-refractivity contribution in [2.75, 3.05) is 0 Å². The summed E-state index contributed by atoms with van der Waals surface area (Å²) >= 11 is 0. The van der Waals surface area contributed by atoms with Gasteiger partial charge < -0.3 is 0 Å². The Hall–Kier alpha value is -3.29. The van der Waals surface area contributed by atoms with Gasteiger partial charge in [-0.15, -0.1) is 0 Å². The number of pyridine rings is 1. The van der Waals surface area contributed by atoms with Crippen LogP contribution in [-0.2, 0) is 20.6 Å². The van der Waals surface area contributed by atoms with Gasteiger partial charge in [0.2, 0.25) is 0 Å². The van der Waals surface area contributed by atoms with Crippen LogP contribution in [0.5, 0.6) is 0 Å². The first-order chi connectivity index (χ1) is 12.9. The Kier molecular flexibility index (Phi) is 3.91. The van der Waals surface area contributed by atoms with Crippen LogP contribution in [0.4, 0.5) is 8.78 Å². The number of benzene rings is 1. The van der Waals surface area contributed by atoms with Crippen molar-refractivity contribution in [3.05, 3.63) is 70.0 Å². The molecule has 0 unspecified atom stereocenters. The molecule has 0 aliphatic rings. The molecule has 0 bridgehead atoms. The Morgan fingerprint density at radius 3 is 2.63 bits per heavy atom. The zero-order valence-electron chi connectivity index (χ0n) is 15.1. The van der Waals surface area contributed by atoms with Crippen molar-refractivity contribution in [2.45, 2.75) is 13.5 Å². The van der Waals surface area contributed by atoms with E-state index in [4.69, 9.17) is 0 Å². The molecule has 0 radical (unpaired) electrons. The number of halogens is 2. The average Bonchev–Trinajstić information content (AvgIpc) is 3.16. The molecule has 1 aromatic carbocycles. The number of fused-ring (bicyclic) bond motifs is 1. The van der Waals surface area contributed by atoms with Gasteiger partial charge in [-0.3, -0.25) is 13.8 Å². The van der Waals surface area contributed by atoms with Gasteiger partial charge in [-0.05, 0) is 25.1 Å². The van der Waals surface area contributed by atoms with E-state index in [1.54, 1.807) is 35.6 Å². The maximum absolute atomic E-state index is 14.5. The van der Waals surface area contributed by atoms with Crippen molar-refractivity contribution >= 4 is 11.2 Å². The van der Waals surface area contributed by atoms with Crippen molar-refractivity contribution in [2.24, 2.45) is 14.1 Å². The Morgan fingerprint density at radius 1 is 1.15 bits per heavy atom. The number of hydrogen-bond acceptors (Lipinski definition) is 3. The molecule has 0 N–H and O–H groups in total. The van der Waals surface area contributed by atoms with Crippen LogP contribution in [0, 0.1) is 18.6 Å². The highest BCUT2D eigenvalue weighted by Gasteiger charge is 2.17. The maximum atomic E-state index is 14.5. The highest BCUT2D eigenvalue weighted by atomic mass is 19.1. The van der Waals surface area contributed by atoms with E-state index in [0.717, 1.165) is 5.56 Å². The molecule has 4 aromatic rings. The number of hydrogen-bond donors (Lipinski definition) is 0. The Bertz CT molecular complexity index is 1240. The lowest BCUT2D eigenvalue weighted by molar-refractivity contribution is 0.570. The predicted molar refractivity (Wildman–Crippen MR) is 97.4 cm³/mol. The van der Waals surface area contributed by atoms with Crippen LogP contribution in [0.3, 0.4) is 0 Å². The van der Waals surface area contributed by atoms with Gasteiger partial charge in [0.05, 0.1) is 18.3 Å². The molecule has 0 fully saturated rings. The van der Waals surface area contributed by atoms with Crippen molar-refractivity contribution in [3.8, 4) is 11.1 Å². The molecule has 4 rings (SSSR count). The number of nitrogens with zero attached hydrogens (tertiary/aromatic N) is 5. The van der Waals surface area contributed by atoms with E-state index in [1.807, 2.05) is 6.20 Å². The first-order valence-electron chi connectivity index (χ1n) is 8.34. The average molecular weight is 369 g/mol. The molecular weight excluding hydrogens is 352 g/mol. The summed E-state index contributed by atoms with van der Waals surface area (Å²) < 4.78 is 32.8. The summed E-state index contributed by atoms with van der Waals surface area (Å²) in [4.78, 5) is 17.0. The smallest absolute Gasteiger partial charge is 0.286 e. The molecule has 0 spiro atoms. The fourth-order valence-electron chi connectivity index (χ4n) is 3.20. The van der Waals surface area contributed by atoms with E-state index in [1.165, 1.54) is 29.8 Å². The number of rotatable bonds is 3. The summed E-state index contributed by atoms with van der Waals surface area (Å²) in [6.07, 6.45) is 5.00. The zero-order chi connectivity index (χ0) is 19.3. The monoisotopic (exact) mass is 369 g/mol. The summed E-state index contributed by atoms with van der Waals surface area (Å²) in [5, 5.41) is 4.12. The molecule has 138 valence electrons. The minimum atomic E-state index is -0.631. The molecule has 0 saturated heterocycles. The molecule has 0 saturated carbocycles. The first kappa shape index (κ1) is 17.1. The summed E-state index contributed by atoms with van der Waals surface area (Å²) in [5.41, 5.74) is 2.38. The molecule has 0 aliphatic heterocycles. The molecule has 0 amide bonds. The number of imidazole rings is 1. The van der Waals surface area contributed by atoms with Crippen molar-refractivity contribution in [3.63, 3.8) is 0 Å². The molecule has 3 heterocycles. The van der Waals surface area contributed by atoms with Gasteiger partial charge in [-0.1, -0.05) is 0 Å². The van der Waals surface area contributed by atoms with Crippen LogP contribution >= 0.6 is 0 Å². The normalized spacial score (nSPS) is 11.4. The number of aryl methyl sites for hydroxylation is 2.